The summed E-state index contributed by atoms with van der Waals surface area (Å²) in [6, 6.07) is -0.365. The van der Waals surface area contributed by atoms with Crippen LogP contribution in [0, 0.1) is 11.3 Å². The smallest absolute Gasteiger partial charge is 0.188 e. The molecule has 15 heavy (non-hydrogen) atoms. The van der Waals surface area contributed by atoms with Gasteiger partial charge in [0.15, 0.2) is 11.7 Å². The Morgan fingerprint density at radius 1 is 1.47 bits per heavy atom. The standard InChI is InChI=1S/C10H22N4O/c1-7(2)9(15)8(11)5-4-6-14-10(12)13-3/h7-8H,4-6,11H2,1-3H3,(H3,12,13,14). The zero-order valence-corrected chi connectivity index (χ0v) is 9.76. The van der Waals surface area contributed by atoms with Crippen molar-refractivity contribution >= 4 is 11.7 Å². The molecule has 0 bridgehead atoms. The van der Waals surface area contributed by atoms with Crippen molar-refractivity contribution in [1.29, 1.82) is 5.41 Å². The van der Waals surface area contributed by atoms with E-state index in [1.54, 1.807) is 7.05 Å². The van der Waals surface area contributed by atoms with Crippen LogP contribution in [0.1, 0.15) is 26.7 Å². The van der Waals surface area contributed by atoms with Crippen LogP contribution in [0.15, 0.2) is 0 Å². The molecule has 0 aromatic heterocycles. The topological polar surface area (TPSA) is 91.0 Å². The highest BCUT2D eigenvalue weighted by Gasteiger charge is 2.15. The first-order chi connectivity index (χ1) is 6.99. The van der Waals surface area contributed by atoms with Crippen LogP contribution in [-0.4, -0.2) is 31.4 Å². The summed E-state index contributed by atoms with van der Waals surface area (Å²) in [5.41, 5.74) is 5.72. The molecule has 1 atom stereocenters. The fourth-order valence-electron chi connectivity index (χ4n) is 1.19. The van der Waals surface area contributed by atoms with Crippen LogP contribution in [0.5, 0.6) is 0 Å². The first-order valence-corrected chi connectivity index (χ1v) is 5.28. The third-order valence-corrected chi connectivity index (χ3v) is 2.18. The zero-order valence-electron chi connectivity index (χ0n) is 9.76. The van der Waals surface area contributed by atoms with E-state index in [1.807, 2.05) is 13.8 Å². The molecule has 0 aliphatic heterocycles. The van der Waals surface area contributed by atoms with E-state index in [1.165, 1.54) is 0 Å². The van der Waals surface area contributed by atoms with Gasteiger partial charge in [-0.15, -0.1) is 0 Å². The quantitative estimate of drug-likeness (QED) is 0.286. The Labute approximate surface area is 91.3 Å². The van der Waals surface area contributed by atoms with Crippen molar-refractivity contribution in [2.24, 2.45) is 11.7 Å². The molecule has 0 aromatic rings. The van der Waals surface area contributed by atoms with Gasteiger partial charge in [0.2, 0.25) is 0 Å². The van der Waals surface area contributed by atoms with Gasteiger partial charge >= 0.3 is 0 Å². The molecule has 0 spiro atoms. The van der Waals surface area contributed by atoms with Crippen LogP contribution in [0.2, 0.25) is 0 Å². The van der Waals surface area contributed by atoms with Gasteiger partial charge in [-0.1, -0.05) is 13.8 Å². The van der Waals surface area contributed by atoms with Gasteiger partial charge in [-0.2, -0.15) is 0 Å². The molecule has 0 aliphatic rings. The van der Waals surface area contributed by atoms with Gasteiger partial charge in [-0.3, -0.25) is 10.2 Å². The minimum atomic E-state index is -0.365. The number of hydrogen-bond donors (Lipinski definition) is 4. The molecule has 0 fully saturated rings. The molecule has 5 nitrogen and oxygen atoms in total. The molecule has 0 saturated heterocycles. The third-order valence-electron chi connectivity index (χ3n) is 2.18. The van der Waals surface area contributed by atoms with Crippen LogP contribution in [0.25, 0.3) is 0 Å². The van der Waals surface area contributed by atoms with E-state index in [0.717, 1.165) is 6.42 Å². The molecule has 1 unspecified atom stereocenters. The molecule has 0 amide bonds. The van der Waals surface area contributed by atoms with Crippen LogP contribution in [0.4, 0.5) is 0 Å². The Kier molecular flexibility index (Phi) is 6.70. The van der Waals surface area contributed by atoms with Crippen molar-refractivity contribution in [3.05, 3.63) is 0 Å². The van der Waals surface area contributed by atoms with Gasteiger partial charge in [-0.05, 0) is 12.8 Å². The maximum absolute atomic E-state index is 11.4. The maximum atomic E-state index is 11.4. The first kappa shape index (κ1) is 13.9. The van der Waals surface area contributed by atoms with Crippen molar-refractivity contribution in [3.8, 4) is 0 Å². The molecule has 0 rings (SSSR count). The number of Topliss-reactive ketones (excluding diaryl/α,β-unsaturated/α-hetero) is 1. The van der Waals surface area contributed by atoms with Crippen molar-refractivity contribution in [2.45, 2.75) is 32.7 Å². The van der Waals surface area contributed by atoms with Crippen molar-refractivity contribution in [1.82, 2.24) is 10.6 Å². The number of nitrogens with one attached hydrogen (secondary N) is 3. The van der Waals surface area contributed by atoms with Gasteiger partial charge in [0.05, 0.1) is 6.04 Å². The molecule has 0 radical (unpaired) electrons. The van der Waals surface area contributed by atoms with E-state index >= 15 is 0 Å². The second-order valence-electron chi connectivity index (χ2n) is 3.86. The second kappa shape index (κ2) is 7.23. The second-order valence-corrected chi connectivity index (χ2v) is 3.86. The lowest BCUT2D eigenvalue weighted by Crippen LogP contribution is -2.37. The predicted octanol–water partition coefficient (Wildman–Crippen LogP) is 0.0628. The van der Waals surface area contributed by atoms with Gasteiger partial charge in [0.1, 0.15) is 0 Å². The minimum Gasteiger partial charge on any atom is -0.360 e. The minimum absolute atomic E-state index is 0.00330. The SMILES string of the molecule is CNC(=N)NCCCC(N)C(=O)C(C)C. The molecule has 5 N–H and O–H groups in total. The highest BCUT2D eigenvalue weighted by atomic mass is 16.1. The molecular formula is C10H22N4O. The highest BCUT2D eigenvalue weighted by Crippen LogP contribution is 2.02. The van der Waals surface area contributed by atoms with E-state index in [-0.39, 0.29) is 17.7 Å². The number of nitrogens with two attached hydrogens (primary N) is 1. The molecule has 5 heteroatoms. The molecule has 0 heterocycles. The molecule has 0 saturated carbocycles. The van der Waals surface area contributed by atoms with E-state index in [2.05, 4.69) is 10.6 Å². The fourth-order valence-corrected chi connectivity index (χ4v) is 1.19. The van der Waals surface area contributed by atoms with Crippen molar-refractivity contribution < 1.29 is 4.79 Å². The Morgan fingerprint density at radius 3 is 2.53 bits per heavy atom. The van der Waals surface area contributed by atoms with Crippen LogP contribution in [-0.2, 0) is 4.79 Å². The van der Waals surface area contributed by atoms with Crippen molar-refractivity contribution in [3.63, 3.8) is 0 Å². The molecule has 88 valence electrons. The Balaban J connectivity index is 3.59. The largest absolute Gasteiger partial charge is 0.360 e. The van der Waals surface area contributed by atoms with E-state index in [0.29, 0.717) is 18.9 Å². The zero-order chi connectivity index (χ0) is 11.8. The van der Waals surface area contributed by atoms with Gasteiger partial charge in [0, 0.05) is 19.5 Å². The van der Waals surface area contributed by atoms with E-state index < -0.39 is 0 Å². The average Bonchev–Trinajstić information content (AvgIpc) is 2.22. The summed E-state index contributed by atoms with van der Waals surface area (Å²) < 4.78 is 0. The molecule has 0 aliphatic carbocycles. The Hall–Kier alpha value is -1.10. The first-order valence-electron chi connectivity index (χ1n) is 5.28. The van der Waals surface area contributed by atoms with Gasteiger partial charge < -0.3 is 16.4 Å². The average molecular weight is 214 g/mol. The summed E-state index contributed by atoms with van der Waals surface area (Å²) in [4.78, 5) is 11.4. The number of carbonyl (C=O) groups excluding carboxylic acids is 1. The number of guanidine groups is 1. The Morgan fingerprint density at radius 2 is 2.07 bits per heavy atom. The highest BCUT2D eigenvalue weighted by molar-refractivity contribution is 5.85. The molecular weight excluding hydrogens is 192 g/mol. The summed E-state index contributed by atoms with van der Waals surface area (Å²) in [6.07, 6.45) is 1.46. The van der Waals surface area contributed by atoms with Crippen LogP contribution < -0.4 is 16.4 Å². The maximum Gasteiger partial charge on any atom is 0.188 e. The van der Waals surface area contributed by atoms with Crippen LogP contribution >= 0.6 is 0 Å². The monoisotopic (exact) mass is 214 g/mol. The van der Waals surface area contributed by atoms with E-state index in [9.17, 15) is 4.79 Å². The predicted molar refractivity (Wildman–Crippen MR) is 61.8 cm³/mol. The third kappa shape index (κ3) is 6.06. The Bertz CT molecular complexity index is 215. The lowest BCUT2D eigenvalue weighted by atomic mass is 9.99. The summed E-state index contributed by atoms with van der Waals surface area (Å²) in [5, 5.41) is 12.8. The van der Waals surface area contributed by atoms with Gasteiger partial charge in [-0.25, -0.2) is 0 Å². The van der Waals surface area contributed by atoms with Crippen molar-refractivity contribution in [2.75, 3.05) is 13.6 Å². The van der Waals surface area contributed by atoms with Crippen LogP contribution in [0.3, 0.4) is 0 Å². The van der Waals surface area contributed by atoms with E-state index in [4.69, 9.17) is 11.1 Å². The summed E-state index contributed by atoms with van der Waals surface area (Å²) in [6.45, 7) is 4.38. The number of ketones is 1. The number of rotatable bonds is 6. The fraction of sp³-hybridized carbons (Fsp3) is 0.800. The van der Waals surface area contributed by atoms with Gasteiger partial charge in [0.25, 0.3) is 0 Å². The summed E-state index contributed by atoms with van der Waals surface area (Å²) >= 11 is 0. The normalized spacial score (nSPS) is 12.3. The summed E-state index contributed by atoms with van der Waals surface area (Å²) in [7, 11) is 1.68. The molecule has 0 aromatic carbocycles. The summed E-state index contributed by atoms with van der Waals surface area (Å²) in [5.74, 6) is 0.404. The lowest BCUT2D eigenvalue weighted by Gasteiger charge is -2.13. The number of carbonyl (C=O) groups is 1. The number of hydrogen-bond acceptors (Lipinski definition) is 3. The lowest BCUT2D eigenvalue weighted by molar-refractivity contribution is -0.123.